The highest BCUT2D eigenvalue weighted by molar-refractivity contribution is 5.78. The van der Waals surface area contributed by atoms with Crippen LogP contribution in [0.15, 0.2) is 5.11 Å². The molecular formula is C51H98N4O15. The monoisotopic (exact) mass is 1010 g/mol. The van der Waals surface area contributed by atoms with E-state index in [2.05, 4.69) is 15.3 Å². The maximum atomic E-state index is 12.3. The number of hydrogen-bond donors (Lipinski definition) is 1. The molecule has 0 unspecified atom stereocenters. The van der Waals surface area contributed by atoms with Crippen molar-refractivity contribution >= 4 is 17.7 Å². The second-order valence-electron chi connectivity index (χ2n) is 17.8. The zero-order valence-corrected chi connectivity index (χ0v) is 44.1. The van der Waals surface area contributed by atoms with Gasteiger partial charge < -0.3 is 62.2 Å². The second-order valence-corrected chi connectivity index (χ2v) is 17.8. The van der Waals surface area contributed by atoms with E-state index in [0.717, 1.165) is 38.5 Å². The zero-order valence-electron chi connectivity index (χ0n) is 44.1. The van der Waals surface area contributed by atoms with Gasteiger partial charge in [0.2, 0.25) is 5.91 Å². The van der Waals surface area contributed by atoms with Crippen LogP contribution >= 0.6 is 0 Å². The molecule has 0 aromatic rings. The molecule has 412 valence electrons. The molecule has 0 fully saturated rings. The van der Waals surface area contributed by atoms with Crippen LogP contribution in [-0.2, 0) is 71.2 Å². The Kier molecular flexibility index (Phi) is 53.8. The Labute approximate surface area is 422 Å². The molecule has 1 amide bonds. The number of azide groups is 1. The molecule has 0 aromatic heterocycles. The molecule has 70 heavy (non-hydrogen) atoms. The number of unbranched alkanes of at least 4 members (excludes halogenated alkanes) is 14. The van der Waals surface area contributed by atoms with Crippen molar-refractivity contribution in [3.05, 3.63) is 10.4 Å². The summed E-state index contributed by atoms with van der Waals surface area (Å²) in [4.78, 5) is 38.8. The second kappa shape index (κ2) is 55.8. The molecule has 19 heteroatoms. The summed E-state index contributed by atoms with van der Waals surface area (Å²) in [5.74, 6) is 0.228. The number of amides is 1. The quantitative estimate of drug-likeness (QED) is 0.0199. The fourth-order valence-electron chi connectivity index (χ4n) is 6.64. The largest absolute Gasteiger partial charge is 0.460 e. The van der Waals surface area contributed by atoms with Crippen molar-refractivity contribution in [2.75, 3.05) is 158 Å². The van der Waals surface area contributed by atoms with Gasteiger partial charge in [0.25, 0.3) is 0 Å². The molecule has 0 aliphatic rings. The van der Waals surface area contributed by atoms with Crippen LogP contribution < -0.4 is 5.32 Å². The third-order valence-electron chi connectivity index (χ3n) is 10.3. The summed E-state index contributed by atoms with van der Waals surface area (Å²) in [6.07, 6.45) is 20.5. The van der Waals surface area contributed by atoms with Crippen molar-refractivity contribution in [2.45, 2.75) is 155 Å². The van der Waals surface area contributed by atoms with Crippen molar-refractivity contribution in [1.82, 2.24) is 5.32 Å². The number of hydrogen-bond acceptors (Lipinski definition) is 16. The third kappa shape index (κ3) is 59.8. The molecule has 0 spiro atoms. The fourth-order valence-corrected chi connectivity index (χ4v) is 6.64. The van der Waals surface area contributed by atoms with Crippen LogP contribution in [0.3, 0.4) is 0 Å². The van der Waals surface area contributed by atoms with Crippen LogP contribution in [0.5, 0.6) is 0 Å². The van der Waals surface area contributed by atoms with E-state index >= 15 is 0 Å². The lowest BCUT2D eigenvalue weighted by Gasteiger charge is -2.19. The molecule has 0 aliphatic carbocycles. The van der Waals surface area contributed by atoms with Gasteiger partial charge in [-0.25, -0.2) is 0 Å². The van der Waals surface area contributed by atoms with Crippen molar-refractivity contribution in [3.8, 4) is 0 Å². The fraction of sp³-hybridized carbons (Fsp3) is 0.941. The van der Waals surface area contributed by atoms with Gasteiger partial charge >= 0.3 is 5.97 Å². The summed E-state index contributed by atoms with van der Waals surface area (Å²) < 4.78 is 65.4. The predicted octanol–water partition coefficient (Wildman–Crippen LogP) is 8.31. The summed E-state index contributed by atoms with van der Waals surface area (Å²) in [5.41, 5.74) is 7.78. The average molecular weight is 1010 g/mol. The van der Waals surface area contributed by atoms with E-state index in [1.165, 1.54) is 64.2 Å². The number of esters is 1. The standard InChI is InChI=1S/C51H98N4O15/c1-51(2,3)70-50(58)23-17-15-13-11-9-7-5-4-6-8-10-12-14-16-20-48(56)21-18-19-22-49(57)53-24-26-59-28-30-61-32-34-63-36-38-65-40-42-67-44-46-69-47-45-68-43-41-66-39-37-64-35-33-62-31-29-60-27-25-54-55-52/h4-47H2,1-3H3,(H,53,57). The van der Waals surface area contributed by atoms with Gasteiger partial charge in [-0.05, 0) is 52.0 Å². The van der Waals surface area contributed by atoms with Gasteiger partial charge in [-0.3, -0.25) is 14.4 Å². The van der Waals surface area contributed by atoms with E-state index in [9.17, 15) is 14.4 Å². The van der Waals surface area contributed by atoms with E-state index in [-0.39, 0.29) is 17.5 Å². The number of carbonyl (C=O) groups is 3. The van der Waals surface area contributed by atoms with Crippen LogP contribution in [-0.4, -0.2) is 182 Å². The van der Waals surface area contributed by atoms with E-state index in [4.69, 9.17) is 62.4 Å². The lowest BCUT2D eigenvalue weighted by atomic mass is 10.0. The number of Topliss-reactive ketones (excluding diaryl/α,β-unsaturated/α-hetero) is 1. The molecular weight excluding hydrogens is 909 g/mol. The highest BCUT2D eigenvalue weighted by Gasteiger charge is 2.15. The Balaban J connectivity index is 3.23. The van der Waals surface area contributed by atoms with Gasteiger partial charge in [0.15, 0.2) is 0 Å². The normalized spacial score (nSPS) is 11.5. The van der Waals surface area contributed by atoms with Crippen LogP contribution in [0.25, 0.3) is 10.4 Å². The van der Waals surface area contributed by atoms with Crippen molar-refractivity contribution in [1.29, 1.82) is 0 Å². The van der Waals surface area contributed by atoms with Crippen LogP contribution in [0, 0.1) is 0 Å². The third-order valence-corrected chi connectivity index (χ3v) is 10.3. The first-order valence-electron chi connectivity index (χ1n) is 26.6. The first-order valence-corrected chi connectivity index (χ1v) is 26.6. The van der Waals surface area contributed by atoms with E-state index in [1.54, 1.807) is 0 Å². The van der Waals surface area contributed by atoms with E-state index in [0.29, 0.717) is 190 Å². The highest BCUT2D eigenvalue weighted by atomic mass is 16.6. The van der Waals surface area contributed by atoms with Crippen molar-refractivity contribution < 1.29 is 71.2 Å². The molecule has 0 atom stereocenters. The lowest BCUT2D eigenvalue weighted by molar-refractivity contribution is -0.155. The number of ether oxygens (including phenoxy) is 12. The molecule has 19 nitrogen and oxygen atoms in total. The predicted molar refractivity (Wildman–Crippen MR) is 269 cm³/mol. The lowest BCUT2D eigenvalue weighted by Crippen LogP contribution is -2.27. The minimum absolute atomic E-state index is 0.00738. The first-order chi connectivity index (χ1) is 34.2. The molecule has 0 bridgehead atoms. The maximum absolute atomic E-state index is 12.3. The Hall–Kier alpha value is -2.52. The van der Waals surface area contributed by atoms with Gasteiger partial charge in [-0.1, -0.05) is 82.2 Å². The SMILES string of the molecule is CC(C)(C)OC(=O)CCCCCCCCCCCCCCCCC(=O)CCCCC(=O)NCCOCCOCCOCCOCCOCCOCCOCCOCCOCCOCCOCCN=[N+]=[N-]. The van der Waals surface area contributed by atoms with Crippen LogP contribution in [0.2, 0.25) is 0 Å². The number of carbonyl (C=O) groups excluding carboxylic acids is 3. The van der Waals surface area contributed by atoms with Gasteiger partial charge in [0, 0.05) is 43.7 Å². The van der Waals surface area contributed by atoms with Gasteiger partial charge in [0.1, 0.15) is 11.4 Å². The Morgan fingerprint density at radius 1 is 0.386 bits per heavy atom. The molecule has 0 aliphatic heterocycles. The van der Waals surface area contributed by atoms with E-state index in [1.807, 2.05) is 20.8 Å². The van der Waals surface area contributed by atoms with Gasteiger partial charge in [0.05, 0.1) is 145 Å². The summed E-state index contributed by atoms with van der Waals surface area (Å²) in [6, 6.07) is 0. The first kappa shape index (κ1) is 67.5. The maximum Gasteiger partial charge on any atom is 0.306 e. The molecule has 0 saturated heterocycles. The van der Waals surface area contributed by atoms with Gasteiger partial charge in [-0.2, -0.15) is 0 Å². The Bertz CT molecular complexity index is 1190. The highest BCUT2D eigenvalue weighted by Crippen LogP contribution is 2.15. The average Bonchev–Trinajstić information content (AvgIpc) is 3.33. The molecule has 0 radical (unpaired) electrons. The summed E-state index contributed by atoms with van der Waals surface area (Å²) in [7, 11) is 0. The van der Waals surface area contributed by atoms with E-state index < -0.39 is 0 Å². The summed E-state index contributed by atoms with van der Waals surface area (Å²) >= 11 is 0. The zero-order chi connectivity index (χ0) is 51.0. The van der Waals surface area contributed by atoms with Crippen molar-refractivity contribution in [2.24, 2.45) is 5.11 Å². The Morgan fingerprint density at radius 2 is 0.657 bits per heavy atom. The molecule has 0 saturated carbocycles. The number of ketones is 1. The number of rotatable bonds is 58. The summed E-state index contributed by atoms with van der Waals surface area (Å²) in [5, 5.41) is 6.25. The molecule has 0 rings (SSSR count). The number of nitrogens with one attached hydrogen (secondary N) is 1. The van der Waals surface area contributed by atoms with Crippen molar-refractivity contribution in [3.63, 3.8) is 0 Å². The molecule has 0 aromatic carbocycles. The van der Waals surface area contributed by atoms with Crippen LogP contribution in [0.1, 0.15) is 149 Å². The minimum Gasteiger partial charge on any atom is -0.460 e. The smallest absolute Gasteiger partial charge is 0.306 e. The minimum atomic E-state index is -0.387. The molecule has 0 heterocycles. The van der Waals surface area contributed by atoms with Crippen LogP contribution in [0.4, 0.5) is 0 Å². The number of nitrogens with zero attached hydrogens (tertiary/aromatic N) is 3. The topological polar surface area (TPSA) is 223 Å². The summed E-state index contributed by atoms with van der Waals surface area (Å²) in [6.45, 7) is 16.8. The van der Waals surface area contributed by atoms with Gasteiger partial charge in [-0.15, -0.1) is 0 Å². The Morgan fingerprint density at radius 3 is 0.986 bits per heavy atom. The molecule has 1 N–H and O–H groups in total.